The van der Waals surface area contributed by atoms with Gasteiger partial charge in [0.25, 0.3) is 0 Å². The first-order valence-electron chi connectivity index (χ1n) is 9.22. The van der Waals surface area contributed by atoms with Crippen LogP contribution in [0.15, 0.2) is 18.2 Å². The number of aromatic nitrogens is 1. The third-order valence-electron chi connectivity index (χ3n) is 4.98. The highest BCUT2D eigenvalue weighted by molar-refractivity contribution is 5.80. The molecule has 0 spiro atoms. The first-order chi connectivity index (χ1) is 13.1. The summed E-state index contributed by atoms with van der Waals surface area (Å²) in [5.41, 5.74) is 11.5. The predicted octanol–water partition coefficient (Wildman–Crippen LogP) is 3.13. The van der Waals surface area contributed by atoms with E-state index in [1.807, 2.05) is 18.2 Å². The molecule has 0 radical (unpaired) electrons. The molecule has 2 aromatic rings. The van der Waals surface area contributed by atoms with Gasteiger partial charge in [0.05, 0.1) is 13.7 Å². The highest BCUT2D eigenvalue weighted by Crippen LogP contribution is 2.37. The average molecular weight is 366 g/mol. The topological polar surface area (TPSA) is 84.4 Å². The van der Waals surface area contributed by atoms with Crippen LogP contribution in [0.1, 0.15) is 35.7 Å². The van der Waals surface area contributed by atoms with E-state index in [2.05, 4.69) is 22.9 Å². The third-order valence-corrected chi connectivity index (χ3v) is 4.98. The molecule has 2 heterocycles. The number of nitrogen functional groups attached to an aromatic ring is 1. The Hall–Kier alpha value is -2.62. The molecule has 1 aliphatic heterocycles. The number of nitrogens with zero attached hydrogens (tertiary/aromatic N) is 3. The van der Waals surface area contributed by atoms with E-state index in [1.165, 1.54) is 0 Å². The van der Waals surface area contributed by atoms with E-state index in [0.717, 1.165) is 66.2 Å². The largest absolute Gasteiger partial charge is 0.496 e. The van der Waals surface area contributed by atoms with Crippen LogP contribution in [0.25, 0.3) is 11.1 Å². The Labute approximate surface area is 160 Å². The van der Waals surface area contributed by atoms with Crippen molar-refractivity contribution in [1.29, 1.82) is 5.26 Å². The minimum Gasteiger partial charge on any atom is -0.496 e. The van der Waals surface area contributed by atoms with Crippen LogP contribution in [0.4, 0.5) is 5.82 Å². The summed E-state index contributed by atoms with van der Waals surface area (Å²) < 4.78 is 10.8. The third kappa shape index (κ3) is 3.75. The summed E-state index contributed by atoms with van der Waals surface area (Å²) in [5.74, 6) is 1.07. The van der Waals surface area contributed by atoms with E-state index in [4.69, 9.17) is 15.2 Å². The van der Waals surface area contributed by atoms with Crippen molar-refractivity contribution in [1.82, 2.24) is 9.88 Å². The van der Waals surface area contributed by atoms with Gasteiger partial charge in [-0.3, -0.25) is 4.90 Å². The van der Waals surface area contributed by atoms with Crippen LogP contribution in [0.3, 0.4) is 0 Å². The van der Waals surface area contributed by atoms with Gasteiger partial charge >= 0.3 is 0 Å². The van der Waals surface area contributed by atoms with Gasteiger partial charge in [0.15, 0.2) is 0 Å². The van der Waals surface area contributed by atoms with Crippen LogP contribution in [0.2, 0.25) is 0 Å². The molecule has 142 valence electrons. The van der Waals surface area contributed by atoms with Crippen LogP contribution < -0.4 is 10.5 Å². The Morgan fingerprint density at radius 2 is 2.15 bits per heavy atom. The van der Waals surface area contributed by atoms with Crippen molar-refractivity contribution in [3.63, 3.8) is 0 Å². The molecule has 3 rings (SSSR count). The highest BCUT2D eigenvalue weighted by atomic mass is 16.5. The summed E-state index contributed by atoms with van der Waals surface area (Å²) in [6, 6.07) is 8.19. The standard InChI is InChI=1S/C21H26N4O2/c1-4-8-25-9-7-18-17(12-25)20(16(11-22)21(23)24-18)14-5-6-19(27-3)15(10-14)13-26-2/h5-6,10H,4,7-9,12-13H2,1-3H3,(H2,23,24). The van der Waals surface area contributed by atoms with E-state index >= 15 is 0 Å². The van der Waals surface area contributed by atoms with E-state index in [-0.39, 0.29) is 0 Å². The molecule has 1 aromatic carbocycles. The monoisotopic (exact) mass is 366 g/mol. The van der Waals surface area contributed by atoms with Gasteiger partial charge in [0, 0.05) is 43.4 Å². The molecule has 1 aromatic heterocycles. The molecule has 1 aliphatic rings. The van der Waals surface area contributed by atoms with Crippen LogP contribution in [-0.4, -0.2) is 37.2 Å². The van der Waals surface area contributed by atoms with Gasteiger partial charge in [-0.2, -0.15) is 5.26 Å². The summed E-state index contributed by atoms with van der Waals surface area (Å²) in [4.78, 5) is 6.94. The molecule has 27 heavy (non-hydrogen) atoms. The molecule has 0 saturated heterocycles. The maximum atomic E-state index is 9.77. The van der Waals surface area contributed by atoms with Gasteiger partial charge in [-0.15, -0.1) is 0 Å². The molecule has 0 amide bonds. The second-order valence-corrected chi connectivity index (χ2v) is 6.77. The molecule has 0 unspecified atom stereocenters. The number of nitriles is 1. The first-order valence-corrected chi connectivity index (χ1v) is 9.22. The first kappa shape index (κ1) is 19.2. The lowest BCUT2D eigenvalue weighted by molar-refractivity contribution is 0.181. The molecular formula is C21H26N4O2. The number of benzene rings is 1. The molecule has 0 fully saturated rings. The Bertz CT molecular complexity index is 873. The molecule has 0 saturated carbocycles. The van der Waals surface area contributed by atoms with Crippen LogP contribution in [-0.2, 0) is 24.3 Å². The molecule has 6 nitrogen and oxygen atoms in total. The summed E-state index contributed by atoms with van der Waals surface area (Å²) >= 11 is 0. The van der Waals surface area contributed by atoms with Gasteiger partial charge in [-0.05, 0) is 36.2 Å². The van der Waals surface area contributed by atoms with Crippen LogP contribution in [0, 0.1) is 11.3 Å². The fourth-order valence-corrected chi connectivity index (χ4v) is 3.78. The van der Waals surface area contributed by atoms with Crippen molar-refractivity contribution in [2.75, 3.05) is 33.0 Å². The number of methoxy groups -OCH3 is 2. The SMILES string of the molecule is CCCN1CCc2nc(N)c(C#N)c(-c3ccc(OC)c(COC)c3)c2C1. The second kappa shape index (κ2) is 8.38. The lowest BCUT2D eigenvalue weighted by atomic mass is 9.90. The number of hydrogen-bond donors (Lipinski definition) is 1. The van der Waals surface area contributed by atoms with Crippen LogP contribution in [0.5, 0.6) is 5.75 Å². The Balaban J connectivity index is 2.18. The van der Waals surface area contributed by atoms with Gasteiger partial charge in [0.2, 0.25) is 0 Å². The number of ether oxygens (including phenoxy) is 2. The van der Waals surface area contributed by atoms with Gasteiger partial charge in [-0.1, -0.05) is 13.0 Å². The van der Waals surface area contributed by atoms with Crippen molar-refractivity contribution in [3.8, 4) is 22.9 Å². The van der Waals surface area contributed by atoms with E-state index < -0.39 is 0 Å². The van der Waals surface area contributed by atoms with Gasteiger partial charge in [0.1, 0.15) is 23.2 Å². The number of nitrogens with two attached hydrogens (primary N) is 1. The smallest absolute Gasteiger partial charge is 0.142 e. The molecule has 2 N–H and O–H groups in total. The van der Waals surface area contributed by atoms with Crippen molar-refractivity contribution in [2.45, 2.75) is 32.9 Å². The second-order valence-electron chi connectivity index (χ2n) is 6.77. The normalized spacial score (nSPS) is 13.9. The molecular weight excluding hydrogens is 340 g/mol. The van der Waals surface area contributed by atoms with Crippen LogP contribution >= 0.6 is 0 Å². The van der Waals surface area contributed by atoms with Gasteiger partial charge in [-0.25, -0.2) is 4.98 Å². The maximum absolute atomic E-state index is 9.77. The van der Waals surface area contributed by atoms with E-state index in [1.54, 1.807) is 14.2 Å². The summed E-state index contributed by atoms with van der Waals surface area (Å²) in [7, 11) is 3.30. The van der Waals surface area contributed by atoms with E-state index in [9.17, 15) is 5.26 Å². The predicted molar refractivity (Wildman–Crippen MR) is 105 cm³/mol. The lowest BCUT2D eigenvalue weighted by Crippen LogP contribution is -2.32. The summed E-state index contributed by atoms with van der Waals surface area (Å²) in [5, 5.41) is 9.77. The number of anilines is 1. The highest BCUT2D eigenvalue weighted by Gasteiger charge is 2.25. The van der Waals surface area contributed by atoms with Crippen molar-refractivity contribution in [2.24, 2.45) is 0 Å². The summed E-state index contributed by atoms with van der Waals surface area (Å²) in [6.07, 6.45) is 1.94. The van der Waals surface area contributed by atoms with Crippen molar-refractivity contribution < 1.29 is 9.47 Å². The van der Waals surface area contributed by atoms with Crippen molar-refractivity contribution >= 4 is 5.82 Å². The minimum absolute atomic E-state index is 0.305. The maximum Gasteiger partial charge on any atom is 0.142 e. The number of pyridine rings is 1. The number of rotatable bonds is 6. The fourth-order valence-electron chi connectivity index (χ4n) is 3.78. The van der Waals surface area contributed by atoms with E-state index in [0.29, 0.717) is 18.0 Å². The quantitative estimate of drug-likeness (QED) is 0.845. The fraction of sp³-hybridized carbons (Fsp3) is 0.429. The minimum atomic E-state index is 0.305. The molecule has 0 atom stereocenters. The Kier molecular flexibility index (Phi) is 5.94. The van der Waals surface area contributed by atoms with Crippen molar-refractivity contribution in [3.05, 3.63) is 40.6 Å². The average Bonchev–Trinajstić information content (AvgIpc) is 2.67. The summed E-state index contributed by atoms with van der Waals surface area (Å²) in [6.45, 7) is 5.40. The Morgan fingerprint density at radius 1 is 1.33 bits per heavy atom. The number of fused-ring (bicyclic) bond motifs is 1. The molecule has 0 bridgehead atoms. The molecule has 6 heteroatoms. The lowest BCUT2D eigenvalue weighted by Gasteiger charge is -2.30. The number of hydrogen-bond acceptors (Lipinski definition) is 6. The van der Waals surface area contributed by atoms with Gasteiger partial charge < -0.3 is 15.2 Å². The zero-order valence-electron chi connectivity index (χ0n) is 16.2. The zero-order chi connectivity index (χ0) is 19.4. The Morgan fingerprint density at radius 3 is 2.81 bits per heavy atom. The zero-order valence-corrected chi connectivity index (χ0v) is 16.2. The molecule has 0 aliphatic carbocycles.